The molecule has 0 saturated heterocycles. The molecule has 34 heavy (non-hydrogen) atoms. The smallest absolute Gasteiger partial charge is 0.348 e. The van der Waals surface area contributed by atoms with Gasteiger partial charge in [-0.2, -0.15) is 10.5 Å². The van der Waals surface area contributed by atoms with Crippen LogP contribution in [0.3, 0.4) is 0 Å². The number of rotatable bonds is 7. The number of ether oxygens (including phenoxy) is 1. The van der Waals surface area contributed by atoms with E-state index in [4.69, 9.17) is 4.74 Å². The van der Waals surface area contributed by atoms with Gasteiger partial charge in [0.25, 0.3) is 0 Å². The molecule has 0 saturated carbocycles. The molecule has 0 aliphatic heterocycles. The van der Waals surface area contributed by atoms with E-state index in [0.717, 1.165) is 39.5 Å². The molecule has 0 unspecified atom stereocenters. The van der Waals surface area contributed by atoms with Crippen LogP contribution in [-0.2, 0) is 16.0 Å². The lowest BCUT2D eigenvalue weighted by atomic mass is 10.0. The standard InChI is InChI=1S/C27H25N3O3S/c1-6-33-27(32)26-18(4)23(15-29)25(34-26)13-24(31)21(14-28)12-20-11-17(3)30(19(20)5)22-9-7-16(2)8-10-22/h7-12H,6,13H2,1-5H3/b21-12+. The Morgan fingerprint density at radius 3 is 2.38 bits per heavy atom. The van der Waals surface area contributed by atoms with Crippen LogP contribution in [-0.4, -0.2) is 22.9 Å². The lowest BCUT2D eigenvalue weighted by Gasteiger charge is -2.10. The molecule has 0 bridgehead atoms. The van der Waals surface area contributed by atoms with Gasteiger partial charge in [0.1, 0.15) is 17.0 Å². The minimum Gasteiger partial charge on any atom is -0.462 e. The van der Waals surface area contributed by atoms with Gasteiger partial charge in [-0.25, -0.2) is 4.79 Å². The summed E-state index contributed by atoms with van der Waals surface area (Å²) in [6.45, 7) is 9.53. The molecule has 3 rings (SSSR count). The highest BCUT2D eigenvalue weighted by Crippen LogP contribution is 2.30. The van der Waals surface area contributed by atoms with E-state index in [2.05, 4.69) is 10.6 Å². The van der Waals surface area contributed by atoms with Crippen LogP contribution in [0.25, 0.3) is 11.8 Å². The van der Waals surface area contributed by atoms with Gasteiger partial charge in [0, 0.05) is 28.4 Å². The van der Waals surface area contributed by atoms with Crippen molar-refractivity contribution in [3.63, 3.8) is 0 Å². The fourth-order valence-electron chi connectivity index (χ4n) is 3.83. The van der Waals surface area contributed by atoms with Crippen LogP contribution < -0.4 is 0 Å². The van der Waals surface area contributed by atoms with Crippen molar-refractivity contribution in [3.05, 3.63) is 79.3 Å². The molecular formula is C27H25N3O3S. The van der Waals surface area contributed by atoms with Gasteiger partial charge in [-0.05, 0) is 70.0 Å². The van der Waals surface area contributed by atoms with Crippen molar-refractivity contribution in [2.24, 2.45) is 0 Å². The van der Waals surface area contributed by atoms with Crippen molar-refractivity contribution < 1.29 is 14.3 Å². The molecule has 172 valence electrons. The molecule has 2 heterocycles. The number of carbonyl (C=O) groups excluding carboxylic acids is 2. The molecule has 0 spiro atoms. The topological polar surface area (TPSA) is 95.9 Å². The normalized spacial score (nSPS) is 11.1. The second-order valence-electron chi connectivity index (χ2n) is 7.95. The maximum absolute atomic E-state index is 13.0. The van der Waals surface area contributed by atoms with Gasteiger partial charge in [-0.3, -0.25) is 4.79 Å². The van der Waals surface area contributed by atoms with Crippen LogP contribution >= 0.6 is 11.3 Å². The summed E-state index contributed by atoms with van der Waals surface area (Å²) in [6, 6.07) is 14.2. The number of carbonyl (C=O) groups is 2. The number of esters is 1. The van der Waals surface area contributed by atoms with Gasteiger partial charge in [0.05, 0.1) is 17.7 Å². The molecule has 0 aliphatic carbocycles. The zero-order chi connectivity index (χ0) is 25.0. The Morgan fingerprint density at radius 2 is 1.79 bits per heavy atom. The number of hydrogen-bond acceptors (Lipinski definition) is 6. The minimum absolute atomic E-state index is 0.00298. The van der Waals surface area contributed by atoms with Crippen molar-refractivity contribution in [2.75, 3.05) is 6.61 Å². The molecule has 2 aromatic heterocycles. The molecule has 6 nitrogen and oxygen atoms in total. The van der Waals surface area contributed by atoms with E-state index < -0.39 is 11.8 Å². The average Bonchev–Trinajstić information content (AvgIpc) is 3.27. The summed E-state index contributed by atoms with van der Waals surface area (Å²) in [4.78, 5) is 26.0. The SMILES string of the molecule is CCOC(=O)c1sc(CC(=O)/C(C#N)=C/c2cc(C)n(-c3ccc(C)cc3)c2C)c(C#N)c1C. The summed E-state index contributed by atoms with van der Waals surface area (Å²) in [7, 11) is 0. The summed E-state index contributed by atoms with van der Waals surface area (Å²) >= 11 is 1.07. The van der Waals surface area contributed by atoms with Crippen molar-refractivity contribution in [1.29, 1.82) is 10.5 Å². The molecule has 0 fully saturated rings. The Morgan fingerprint density at radius 1 is 1.12 bits per heavy atom. The van der Waals surface area contributed by atoms with Gasteiger partial charge >= 0.3 is 5.97 Å². The van der Waals surface area contributed by atoms with Gasteiger partial charge in [0.15, 0.2) is 5.78 Å². The molecule has 0 radical (unpaired) electrons. The first kappa shape index (κ1) is 24.7. The number of nitrogens with zero attached hydrogens (tertiary/aromatic N) is 3. The van der Waals surface area contributed by atoms with Gasteiger partial charge < -0.3 is 9.30 Å². The van der Waals surface area contributed by atoms with Crippen molar-refractivity contribution in [1.82, 2.24) is 4.57 Å². The quantitative estimate of drug-likeness (QED) is 0.256. The van der Waals surface area contributed by atoms with Crippen LogP contribution in [0.1, 0.15) is 55.1 Å². The number of nitriles is 2. The summed E-state index contributed by atoms with van der Waals surface area (Å²) in [5.41, 5.74) is 5.62. The van der Waals surface area contributed by atoms with E-state index in [1.54, 1.807) is 19.9 Å². The molecule has 3 aromatic rings. The van der Waals surface area contributed by atoms with Gasteiger partial charge in [-0.1, -0.05) is 17.7 Å². The van der Waals surface area contributed by atoms with Crippen molar-refractivity contribution in [2.45, 2.75) is 41.0 Å². The molecule has 1 aromatic carbocycles. The van der Waals surface area contributed by atoms with Crippen LogP contribution in [0, 0.1) is 50.4 Å². The number of aryl methyl sites for hydroxylation is 2. The Labute approximate surface area is 203 Å². The molecular weight excluding hydrogens is 446 g/mol. The molecule has 0 aliphatic rings. The summed E-state index contributed by atoms with van der Waals surface area (Å²) < 4.78 is 7.13. The van der Waals surface area contributed by atoms with E-state index in [0.29, 0.717) is 15.3 Å². The van der Waals surface area contributed by atoms with Crippen LogP contribution in [0.5, 0.6) is 0 Å². The molecule has 0 N–H and O–H groups in total. The number of benzene rings is 1. The highest BCUT2D eigenvalue weighted by atomic mass is 32.1. The highest BCUT2D eigenvalue weighted by molar-refractivity contribution is 7.14. The van der Waals surface area contributed by atoms with Gasteiger partial charge in [0.2, 0.25) is 0 Å². The maximum Gasteiger partial charge on any atom is 0.348 e. The fraction of sp³-hybridized carbons (Fsp3) is 0.259. The van der Waals surface area contributed by atoms with E-state index >= 15 is 0 Å². The van der Waals surface area contributed by atoms with E-state index in [-0.39, 0.29) is 24.2 Å². The molecule has 0 atom stereocenters. The third-order valence-electron chi connectivity index (χ3n) is 5.60. The zero-order valence-electron chi connectivity index (χ0n) is 19.9. The lowest BCUT2D eigenvalue weighted by molar-refractivity contribution is -0.114. The number of ketones is 1. The second kappa shape index (κ2) is 10.3. The fourth-order valence-corrected chi connectivity index (χ4v) is 4.98. The Hall–Kier alpha value is -3.94. The van der Waals surface area contributed by atoms with Crippen molar-refractivity contribution in [3.8, 4) is 17.8 Å². The second-order valence-corrected chi connectivity index (χ2v) is 9.06. The van der Waals surface area contributed by atoms with E-state index in [9.17, 15) is 20.1 Å². The molecule has 0 amide bonds. The van der Waals surface area contributed by atoms with Crippen LogP contribution in [0.2, 0.25) is 0 Å². The Balaban J connectivity index is 1.94. The Kier molecular flexibility index (Phi) is 7.50. The predicted molar refractivity (Wildman–Crippen MR) is 132 cm³/mol. The predicted octanol–water partition coefficient (Wildman–Crippen LogP) is 5.54. The zero-order valence-corrected chi connectivity index (χ0v) is 20.7. The van der Waals surface area contributed by atoms with Gasteiger partial charge in [-0.15, -0.1) is 11.3 Å². The van der Waals surface area contributed by atoms with E-state index in [1.807, 2.05) is 57.2 Å². The number of thiophene rings is 1. The third kappa shape index (κ3) is 4.85. The molecule has 7 heteroatoms. The maximum atomic E-state index is 13.0. The first-order chi connectivity index (χ1) is 16.2. The lowest BCUT2D eigenvalue weighted by Crippen LogP contribution is -2.05. The highest BCUT2D eigenvalue weighted by Gasteiger charge is 2.23. The first-order valence-corrected chi connectivity index (χ1v) is 11.6. The summed E-state index contributed by atoms with van der Waals surface area (Å²) in [5.74, 6) is -0.921. The van der Waals surface area contributed by atoms with Crippen LogP contribution in [0.4, 0.5) is 0 Å². The minimum atomic E-state index is -0.514. The van der Waals surface area contributed by atoms with E-state index in [1.165, 1.54) is 0 Å². The number of allylic oxidation sites excluding steroid dienone is 1. The summed E-state index contributed by atoms with van der Waals surface area (Å²) in [5, 5.41) is 19.3. The Bertz CT molecular complexity index is 1380. The summed E-state index contributed by atoms with van der Waals surface area (Å²) in [6.07, 6.45) is 1.46. The monoisotopic (exact) mass is 471 g/mol. The largest absolute Gasteiger partial charge is 0.462 e. The number of Topliss-reactive ketones (excluding diaryl/α,β-unsaturated/α-hetero) is 1. The average molecular weight is 472 g/mol. The number of hydrogen-bond donors (Lipinski definition) is 0. The first-order valence-electron chi connectivity index (χ1n) is 10.8. The van der Waals surface area contributed by atoms with Crippen molar-refractivity contribution >= 4 is 29.2 Å². The van der Waals surface area contributed by atoms with Crippen LogP contribution in [0.15, 0.2) is 35.9 Å². The third-order valence-corrected chi connectivity index (χ3v) is 6.87. The number of aromatic nitrogens is 1.